The number of nitrogens with one attached hydrogen (secondary N) is 1. The lowest BCUT2D eigenvalue weighted by atomic mass is 10.1. The number of carbonyl (C=O) groups excluding carboxylic acids is 1. The van der Waals surface area contributed by atoms with Gasteiger partial charge in [0.05, 0.1) is 24.3 Å². The van der Waals surface area contributed by atoms with E-state index in [4.69, 9.17) is 0 Å². The standard InChI is InChI=1S/C8H9F2N3O/c9-7(10)8(14)13-2-1-5-6(3-13)12-4-11-5/h4,7H,1-3H2,(H,11,12). The summed E-state index contributed by atoms with van der Waals surface area (Å²) in [6, 6.07) is 0. The fraction of sp³-hybridized carbons (Fsp3) is 0.500. The summed E-state index contributed by atoms with van der Waals surface area (Å²) in [5.74, 6) is -1.11. The second kappa shape index (κ2) is 3.36. The summed E-state index contributed by atoms with van der Waals surface area (Å²) in [5, 5.41) is 0. The number of H-pyrrole nitrogens is 1. The number of imidazole rings is 1. The molecule has 0 aromatic carbocycles. The van der Waals surface area contributed by atoms with E-state index in [2.05, 4.69) is 9.97 Å². The van der Waals surface area contributed by atoms with Crippen LogP contribution in [-0.2, 0) is 17.8 Å². The molecule has 1 aliphatic rings. The third kappa shape index (κ3) is 1.47. The third-order valence-corrected chi connectivity index (χ3v) is 2.27. The number of fused-ring (bicyclic) bond motifs is 1. The lowest BCUT2D eigenvalue weighted by molar-refractivity contribution is -0.143. The van der Waals surface area contributed by atoms with Crippen LogP contribution in [0.4, 0.5) is 8.78 Å². The van der Waals surface area contributed by atoms with Crippen molar-refractivity contribution in [2.75, 3.05) is 6.54 Å². The lowest BCUT2D eigenvalue weighted by Crippen LogP contribution is -2.39. The van der Waals surface area contributed by atoms with Crippen molar-refractivity contribution in [1.29, 1.82) is 0 Å². The van der Waals surface area contributed by atoms with Crippen molar-refractivity contribution in [3.63, 3.8) is 0 Å². The molecule has 2 rings (SSSR count). The highest BCUT2D eigenvalue weighted by molar-refractivity contribution is 5.79. The van der Waals surface area contributed by atoms with Gasteiger partial charge in [-0.1, -0.05) is 0 Å². The highest BCUT2D eigenvalue weighted by Crippen LogP contribution is 2.16. The Labute approximate surface area is 78.9 Å². The van der Waals surface area contributed by atoms with Crippen molar-refractivity contribution in [2.24, 2.45) is 0 Å². The summed E-state index contributed by atoms with van der Waals surface area (Å²) in [4.78, 5) is 19.0. The minimum Gasteiger partial charge on any atom is -0.347 e. The summed E-state index contributed by atoms with van der Waals surface area (Å²) < 4.78 is 24.2. The molecule has 2 heterocycles. The van der Waals surface area contributed by atoms with E-state index in [1.807, 2.05) is 0 Å². The van der Waals surface area contributed by atoms with Crippen LogP contribution in [0.15, 0.2) is 6.33 Å². The maximum atomic E-state index is 12.1. The lowest BCUT2D eigenvalue weighted by Gasteiger charge is -2.25. The SMILES string of the molecule is O=C(C(F)F)N1CCc2nc[nH]c2C1. The number of alkyl halides is 2. The van der Waals surface area contributed by atoms with Crippen LogP contribution in [0.25, 0.3) is 0 Å². The predicted octanol–water partition coefficient (Wildman–Crippen LogP) is 0.560. The molecule has 1 N–H and O–H groups in total. The van der Waals surface area contributed by atoms with Crippen molar-refractivity contribution in [3.8, 4) is 0 Å². The van der Waals surface area contributed by atoms with E-state index in [9.17, 15) is 13.6 Å². The summed E-state index contributed by atoms with van der Waals surface area (Å²) in [6.07, 6.45) is -0.863. The number of amides is 1. The van der Waals surface area contributed by atoms with Crippen molar-refractivity contribution >= 4 is 5.91 Å². The molecule has 76 valence electrons. The number of nitrogens with zero attached hydrogens (tertiary/aromatic N) is 2. The number of hydrogen-bond donors (Lipinski definition) is 1. The monoisotopic (exact) mass is 201 g/mol. The van der Waals surface area contributed by atoms with Gasteiger partial charge in [0.2, 0.25) is 0 Å². The molecule has 1 amide bonds. The zero-order valence-electron chi connectivity index (χ0n) is 7.33. The third-order valence-electron chi connectivity index (χ3n) is 2.27. The Bertz CT molecular complexity index is 350. The molecule has 0 aliphatic carbocycles. The van der Waals surface area contributed by atoms with Crippen LogP contribution in [0.2, 0.25) is 0 Å². The highest BCUT2D eigenvalue weighted by atomic mass is 19.3. The highest BCUT2D eigenvalue weighted by Gasteiger charge is 2.27. The molecule has 4 nitrogen and oxygen atoms in total. The number of hydrogen-bond acceptors (Lipinski definition) is 2. The summed E-state index contributed by atoms with van der Waals surface area (Å²) in [5.41, 5.74) is 1.62. The molecule has 0 saturated carbocycles. The second-order valence-electron chi connectivity index (χ2n) is 3.14. The van der Waals surface area contributed by atoms with Gasteiger partial charge in [0.25, 0.3) is 5.91 Å². The average Bonchev–Trinajstić information content (AvgIpc) is 2.62. The van der Waals surface area contributed by atoms with Gasteiger partial charge in [0.15, 0.2) is 0 Å². The maximum Gasteiger partial charge on any atom is 0.315 e. The molecular weight excluding hydrogens is 192 g/mol. The van der Waals surface area contributed by atoms with E-state index in [1.54, 1.807) is 0 Å². The van der Waals surface area contributed by atoms with Gasteiger partial charge in [-0.3, -0.25) is 4.79 Å². The number of aromatic nitrogens is 2. The van der Waals surface area contributed by atoms with Gasteiger partial charge in [0, 0.05) is 13.0 Å². The quantitative estimate of drug-likeness (QED) is 0.721. The van der Waals surface area contributed by atoms with Crippen molar-refractivity contribution < 1.29 is 13.6 Å². The van der Waals surface area contributed by atoms with Crippen molar-refractivity contribution in [2.45, 2.75) is 19.4 Å². The van der Waals surface area contributed by atoms with Crippen LogP contribution in [0.5, 0.6) is 0 Å². The van der Waals surface area contributed by atoms with Crippen LogP contribution in [0.3, 0.4) is 0 Å². The van der Waals surface area contributed by atoms with E-state index < -0.39 is 12.3 Å². The zero-order chi connectivity index (χ0) is 10.1. The fourth-order valence-corrected chi connectivity index (χ4v) is 1.54. The van der Waals surface area contributed by atoms with E-state index in [0.29, 0.717) is 13.0 Å². The number of rotatable bonds is 1. The van der Waals surface area contributed by atoms with Crippen LogP contribution < -0.4 is 0 Å². The van der Waals surface area contributed by atoms with Gasteiger partial charge in [-0.15, -0.1) is 0 Å². The molecule has 0 radical (unpaired) electrons. The van der Waals surface area contributed by atoms with Gasteiger partial charge >= 0.3 is 6.43 Å². The number of halogens is 2. The topological polar surface area (TPSA) is 49.0 Å². The Hall–Kier alpha value is -1.46. The minimum atomic E-state index is -2.92. The van der Waals surface area contributed by atoms with Crippen LogP contribution in [0, 0.1) is 0 Å². The molecular formula is C8H9F2N3O. The Morgan fingerprint density at radius 2 is 2.43 bits per heavy atom. The van der Waals surface area contributed by atoms with E-state index in [0.717, 1.165) is 16.3 Å². The van der Waals surface area contributed by atoms with Gasteiger partial charge in [-0.25, -0.2) is 4.98 Å². The molecule has 0 unspecified atom stereocenters. The summed E-state index contributed by atoms with van der Waals surface area (Å²) >= 11 is 0. The molecule has 0 spiro atoms. The second-order valence-corrected chi connectivity index (χ2v) is 3.14. The predicted molar refractivity (Wildman–Crippen MR) is 43.7 cm³/mol. The number of carbonyl (C=O) groups is 1. The maximum absolute atomic E-state index is 12.1. The summed E-state index contributed by atoms with van der Waals surface area (Å²) in [6.45, 7) is 0.527. The first-order valence-electron chi connectivity index (χ1n) is 4.26. The Morgan fingerprint density at radius 1 is 1.64 bits per heavy atom. The molecule has 6 heteroatoms. The van der Waals surface area contributed by atoms with E-state index in [-0.39, 0.29) is 6.54 Å². The van der Waals surface area contributed by atoms with Crippen molar-refractivity contribution in [1.82, 2.24) is 14.9 Å². The molecule has 0 bridgehead atoms. The molecule has 14 heavy (non-hydrogen) atoms. The molecule has 0 atom stereocenters. The van der Waals surface area contributed by atoms with E-state index in [1.165, 1.54) is 6.33 Å². The minimum absolute atomic E-state index is 0.207. The zero-order valence-corrected chi connectivity index (χ0v) is 7.33. The molecule has 0 saturated heterocycles. The van der Waals surface area contributed by atoms with Gasteiger partial charge in [-0.2, -0.15) is 8.78 Å². The van der Waals surface area contributed by atoms with Crippen LogP contribution in [-0.4, -0.2) is 33.7 Å². The van der Waals surface area contributed by atoms with Crippen molar-refractivity contribution in [3.05, 3.63) is 17.7 Å². The smallest absolute Gasteiger partial charge is 0.315 e. The normalized spacial score (nSPS) is 15.8. The molecule has 0 fully saturated rings. The molecule has 1 aromatic rings. The van der Waals surface area contributed by atoms with Gasteiger partial charge in [0.1, 0.15) is 0 Å². The first-order valence-corrected chi connectivity index (χ1v) is 4.26. The summed E-state index contributed by atoms with van der Waals surface area (Å²) in [7, 11) is 0. The largest absolute Gasteiger partial charge is 0.347 e. The number of aromatic amines is 1. The van der Waals surface area contributed by atoms with Crippen LogP contribution in [0.1, 0.15) is 11.4 Å². The van der Waals surface area contributed by atoms with E-state index >= 15 is 0 Å². The first-order chi connectivity index (χ1) is 6.68. The van der Waals surface area contributed by atoms with Gasteiger partial charge in [-0.05, 0) is 0 Å². The average molecular weight is 201 g/mol. The molecule has 1 aliphatic heterocycles. The first kappa shape index (κ1) is 9.11. The Balaban J connectivity index is 2.11. The van der Waals surface area contributed by atoms with Gasteiger partial charge < -0.3 is 9.88 Å². The van der Waals surface area contributed by atoms with Crippen LogP contribution >= 0.6 is 0 Å². The fourth-order valence-electron chi connectivity index (χ4n) is 1.54. The Morgan fingerprint density at radius 3 is 3.14 bits per heavy atom. The molecule has 1 aromatic heterocycles. The Kier molecular flexibility index (Phi) is 2.18.